The van der Waals surface area contributed by atoms with Gasteiger partial charge in [0.1, 0.15) is 6.54 Å². The van der Waals surface area contributed by atoms with Crippen LogP contribution in [0.5, 0.6) is 0 Å². The highest BCUT2D eigenvalue weighted by Gasteiger charge is 2.13. The molecule has 1 heterocycles. The molecule has 0 bridgehead atoms. The van der Waals surface area contributed by atoms with Gasteiger partial charge in [-0.3, -0.25) is 9.48 Å². The molecule has 1 aromatic heterocycles. The van der Waals surface area contributed by atoms with Crippen molar-refractivity contribution in [1.82, 2.24) is 15.1 Å². The van der Waals surface area contributed by atoms with Gasteiger partial charge >= 0.3 is 0 Å². The monoisotopic (exact) mass is 271 g/mol. The average Bonchev–Trinajstić information content (AvgIpc) is 2.82. The average molecular weight is 271 g/mol. The van der Waals surface area contributed by atoms with E-state index in [9.17, 15) is 4.79 Å². The van der Waals surface area contributed by atoms with Gasteiger partial charge in [0, 0.05) is 6.20 Å². The van der Waals surface area contributed by atoms with Gasteiger partial charge in [0.05, 0.1) is 12.2 Å². The minimum absolute atomic E-state index is 0.0134. The molecular weight excluding hydrogens is 250 g/mol. The molecule has 0 saturated carbocycles. The maximum atomic E-state index is 12.1. The Bertz CT molecular complexity index is 572. The lowest BCUT2D eigenvalue weighted by Crippen LogP contribution is -2.31. The van der Waals surface area contributed by atoms with Gasteiger partial charge in [0.15, 0.2) is 0 Å². The van der Waals surface area contributed by atoms with Gasteiger partial charge in [0.25, 0.3) is 0 Å². The van der Waals surface area contributed by atoms with Gasteiger partial charge in [0.2, 0.25) is 5.91 Å². The first kappa shape index (κ1) is 14.3. The number of nitrogens with one attached hydrogen (secondary N) is 1. The van der Waals surface area contributed by atoms with Crippen molar-refractivity contribution in [3.8, 4) is 0 Å². The van der Waals surface area contributed by atoms with E-state index in [-0.39, 0.29) is 18.5 Å². The van der Waals surface area contributed by atoms with Crippen LogP contribution in [0, 0.1) is 13.8 Å². The summed E-state index contributed by atoms with van der Waals surface area (Å²) in [5.74, 6) is -0.0134. The first-order valence-corrected chi connectivity index (χ1v) is 6.93. The number of hydrogen-bond donors (Lipinski definition) is 1. The number of nitrogens with zero attached hydrogens (tertiary/aromatic N) is 2. The zero-order valence-corrected chi connectivity index (χ0v) is 12.3. The molecule has 1 atom stereocenters. The lowest BCUT2D eigenvalue weighted by molar-refractivity contribution is -0.122. The first-order valence-electron chi connectivity index (χ1n) is 6.93. The molecule has 4 nitrogen and oxygen atoms in total. The highest BCUT2D eigenvalue weighted by Crippen LogP contribution is 2.17. The molecule has 0 radical (unpaired) electrons. The van der Waals surface area contributed by atoms with Crippen LogP contribution in [-0.2, 0) is 11.3 Å². The third kappa shape index (κ3) is 3.70. The summed E-state index contributed by atoms with van der Waals surface area (Å²) in [6, 6.07) is 8.34. The maximum absolute atomic E-state index is 12.1. The van der Waals surface area contributed by atoms with Crippen LogP contribution >= 0.6 is 0 Å². The maximum Gasteiger partial charge on any atom is 0.242 e. The van der Waals surface area contributed by atoms with Gasteiger partial charge in [-0.1, -0.05) is 36.8 Å². The molecule has 1 amide bonds. The normalized spacial score (nSPS) is 12.2. The molecule has 0 aliphatic carbocycles. The van der Waals surface area contributed by atoms with E-state index in [0.717, 1.165) is 17.5 Å². The van der Waals surface area contributed by atoms with Crippen LogP contribution in [0.4, 0.5) is 0 Å². The molecule has 1 unspecified atom stereocenters. The Labute approximate surface area is 119 Å². The summed E-state index contributed by atoms with van der Waals surface area (Å²) in [4.78, 5) is 12.1. The quantitative estimate of drug-likeness (QED) is 0.909. The first-order chi connectivity index (χ1) is 9.58. The Morgan fingerprint density at radius 2 is 1.95 bits per heavy atom. The van der Waals surface area contributed by atoms with Gasteiger partial charge in [-0.15, -0.1) is 0 Å². The summed E-state index contributed by atoms with van der Waals surface area (Å²) in [5, 5.41) is 7.19. The van der Waals surface area contributed by atoms with E-state index in [1.165, 1.54) is 5.56 Å². The van der Waals surface area contributed by atoms with Crippen LogP contribution in [0.3, 0.4) is 0 Å². The number of aromatic nitrogens is 2. The van der Waals surface area contributed by atoms with Crippen molar-refractivity contribution in [1.29, 1.82) is 0 Å². The van der Waals surface area contributed by atoms with Crippen LogP contribution in [0.25, 0.3) is 0 Å². The Morgan fingerprint density at radius 1 is 1.25 bits per heavy atom. The van der Waals surface area contributed by atoms with E-state index >= 15 is 0 Å². The zero-order valence-electron chi connectivity index (χ0n) is 12.3. The third-order valence-corrected chi connectivity index (χ3v) is 3.29. The van der Waals surface area contributed by atoms with Gasteiger partial charge < -0.3 is 5.32 Å². The Morgan fingerprint density at radius 3 is 2.50 bits per heavy atom. The second kappa shape index (κ2) is 6.37. The highest BCUT2D eigenvalue weighted by molar-refractivity contribution is 5.76. The van der Waals surface area contributed by atoms with Crippen molar-refractivity contribution in [2.45, 2.75) is 39.8 Å². The second-order valence-corrected chi connectivity index (χ2v) is 5.15. The zero-order chi connectivity index (χ0) is 14.5. The van der Waals surface area contributed by atoms with E-state index in [2.05, 4.69) is 48.5 Å². The van der Waals surface area contributed by atoms with E-state index in [4.69, 9.17) is 0 Å². The van der Waals surface area contributed by atoms with Crippen molar-refractivity contribution in [3.05, 3.63) is 53.3 Å². The van der Waals surface area contributed by atoms with Crippen LogP contribution < -0.4 is 5.32 Å². The smallest absolute Gasteiger partial charge is 0.242 e. The molecule has 0 aliphatic heterocycles. The van der Waals surface area contributed by atoms with Crippen molar-refractivity contribution in [2.75, 3.05) is 0 Å². The van der Waals surface area contributed by atoms with Crippen LogP contribution in [0.15, 0.2) is 36.7 Å². The van der Waals surface area contributed by atoms with Crippen LogP contribution in [-0.4, -0.2) is 15.7 Å². The summed E-state index contributed by atoms with van der Waals surface area (Å²) in [6.07, 6.45) is 4.49. The number of rotatable bonds is 5. The van der Waals surface area contributed by atoms with Gasteiger partial charge in [-0.2, -0.15) is 5.10 Å². The van der Waals surface area contributed by atoms with Crippen molar-refractivity contribution >= 4 is 5.91 Å². The van der Waals surface area contributed by atoms with Crippen LogP contribution in [0.1, 0.15) is 36.1 Å². The molecule has 0 spiro atoms. The summed E-state index contributed by atoms with van der Waals surface area (Å²) in [7, 11) is 0. The largest absolute Gasteiger partial charge is 0.348 e. The number of aryl methyl sites for hydroxylation is 2. The minimum Gasteiger partial charge on any atom is -0.348 e. The fraction of sp³-hybridized carbons (Fsp3) is 0.375. The fourth-order valence-corrected chi connectivity index (χ4v) is 2.16. The minimum atomic E-state index is -0.0134. The van der Waals surface area contributed by atoms with Crippen LogP contribution in [0.2, 0.25) is 0 Å². The second-order valence-electron chi connectivity index (χ2n) is 5.15. The molecule has 20 heavy (non-hydrogen) atoms. The molecule has 2 aromatic rings. The van der Waals surface area contributed by atoms with E-state index in [1.54, 1.807) is 10.9 Å². The summed E-state index contributed by atoms with van der Waals surface area (Å²) < 4.78 is 1.66. The topological polar surface area (TPSA) is 46.9 Å². The molecule has 2 rings (SSSR count). The van der Waals surface area contributed by atoms with Gasteiger partial charge in [-0.25, -0.2) is 0 Å². The molecule has 106 valence electrons. The van der Waals surface area contributed by atoms with E-state index < -0.39 is 0 Å². The van der Waals surface area contributed by atoms with Crippen molar-refractivity contribution in [2.24, 2.45) is 0 Å². The summed E-state index contributed by atoms with van der Waals surface area (Å²) in [6.45, 7) is 6.35. The molecular formula is C16H21N3O. The summed E-state index contributed by atoms with van der Waals surface area (Å²) in [5.41, 5.74) is 3.42. The Balaban J connectivity index is 1.99. The molecule has 0 aliphatic rings. The van der Waals surface area contributed by atoms with E-state index in [1.807, 2.05) is 13.1 Å². The molecule has 0 fully saturated rings. The lowest BCUT2D eigenvalue weighted by atomic mass is 10.0. The highest BCUT2D eigenvalue weighted by atomic mass is 16.2. The number of benzene rings is 1. The number of hydrogen-bond acceptors (Lipinski definition) is 2. The number of carbonyl (C=O) groups excluding carboxylic acids is 1. The predicted octanol–water partition coefficient (Wildman–Crippen LogP) is 2.77. The summed E-state index contributed by atoms with van der Waals surface area (Å²) >= 11 is 0. The van der Waals surface area contributed by atoms with Gasteiger partial charge in [-0.05, 0) is 31.4 Å². The van der Waals surface area contributed by atoms with Crippen molar-refractivity contribution < 1.29 is 4.79 Å². The molecule has 1 N–H and O–H groups in total. The fourth-order valence-electron chi connectivity index (χ4n) is 2.16. The molecule has 4 heteroatoms. The predicted molar refractivity (Wildman–Crippen MR) is 79.3 cm³/mol. The number of amides is 1. The molecule has 0 saturated heterocycles. The number of carbonyl (C=O) groups is 1. The van der Waals surface area contributed by atoms with Crippen molar-refractivity contribution in [3.63, 3.8) is 0 Å². The Hall–Kier alpha value is -2.10. The lowest BCUT2D eigenvalue weighted by Gasteiger charge is -2.17. The third-order valence-electron chi connectivity index (χ3n) is 3.29. The Kier molecular flexibility index (Phi) is 4.56. The molecule has 1 aromatic carbocycles. The SMILES string of the molecule is CCC(NC(=O)Cn1cc(C)cn1)c1ccc(C)cc1. The standard InChI is InChI=1S/C16H21N3O/c1-4-15(14-7-5-12(2)6-8-14)18-16(20)11-19-10-13(3)9-17-19/h5-10,15H,4,11H2,1-3H3,(H,18,20). The van der Waals surface area contributed by atoms with E-state index in [0.29, 0.717) is 0 Å².